The van der Waals surface area contributed by atoms with E-state index in [0.717, 1.165) is 11.8 Å². The van der Waals surface area contributed by atoms with Crippen molar-refractivity contribution < 1.29 is 16.8 Å². The Morgan fingerprint density at radius 3 is 2.08 bits per heavy atom. The first-order valence-corrected chi connectivity index (χ1v) is 10.6. The van der Waals surface area contributed by atoms with Crippen LogP contribution in [0.1, 0.15) is 5.56 Å². The molecule has 0 atom stereocenters. The SMILES string of the molecule is Cc1ccccc1N(CCNS(=O)(=O)c1ccccc1)S(C)(=O)=O. The standard InChI is InChI=1S/C16H20N2O4S2/c1-14-8-6-7-11-16(14)18(23(2,19)20)13-12-17-24(21,22)15-9-4-3-5-10-15/h3-11,17H,12-13H2,1-2H3. The van der Waals surface area contributed by atoms with Crippen LogP contribution in [0.15, 0.2) is 59.5 Å². The fourth-order valence-corrected chi connectivity index (χ4v) is 4.30. The summed E-state index contributed by atoms with van der Waals surface area (Å²) in [6, 6.07) is 15.0. The molecule has 0 heterocycles. The van der Waals surface area contributed by atoms with Crippen molar-refractivity contribution in [3.8, 4) is 0 Å². The van der Waals surface area contributed by atoms with Crippen molar-refractivity contribution in [3.05, 3.63) is 60.2 Å². The number of nitrogens with one attached hydrogen (secondary N) is 1. The fourth-order valence-electron chi connectivity index (χ4n) is 2.27. The molecular formula is C16H20N2O4S2. The van der Waals surface area contributed by atoms with Crippen LogP contribution in [-0.2, 0) is 20.0 Å². The molecule has 6 nitrogen and oxygen atoms in total. The fraction of sp³-hybridized carbons (Fsp3) is 0.250. The normalized spacial score (nSPS) is 12.1. The maximum atomic E-state index is 12.2. The Morgan fingerprint density at radius 1 is 0.917 bits per heavy atom. The third kappa shape index (κ3) is 4.56. The number of para-hydroxylation sites is 1. The summed E-state index contributed by atoms with van der Waals surface area (Å²) in [4.78, 5) is 0.145. The summed E-state index contributed by atoms with van der Waals surface area (Å²) >= 11 is 0. The van der Waals surface area contributed by atoms with Crippen LogP contribution >= 0.6 is 0 Å². The average molecular weight is 368 g/mol. The first kappa shape index (κ1) is 18.4. The van der Waals surface area contributed by atoms with Crippen molar-refractivity contribution in [2.45, 2.75) is 11.8 Å². The molecule has 130 valence electrons. The number of benzene rings is 2. The van der Waals surface area contributed by atoms with E-state index in [1.807, 2.05) is 19.1 Å². The summed E-state index contributed by atoms with van der Waals surface area (Å²) in [6.45, 7) is 1.79. The van der Waals surface area contributed by atoms with Crippen LogP contribution < -0.4 is 9.03 Å². The Hall–Kier alpha value is -1.90. The molecule has 0 radical (unpaired) electrons. The van der Waals surface area contributed by atoms with E-state index in [4.69, 9.17) is 0 Å². The van der Waals surface area contributed by atoms with Gasteiger partial charge >= 0.3 is 0 Å². The highest BCUT2D eigenvalue weighted by Gasteiger charge is 2.20. The summed E-state index contributed by atoms with van der Waals surface area (Å²) in [5.74, 6) is 0. The molecule has 2 rings (SSSR count). The zero-order valence-electron chi connectivity index (χ0n) is 13.5. The van der Waals surface area contributed by atoms with Gasteiger partial charge in [0.05, 0.1) is 16.8 Å². The molecule has 0 unspecified atom stereocenters. The lowest BCUT2D eigenvalue weighted by Crippen LogP contribution is -2.38. The number of hydrogen-bond donors (Lipinski definition) is 1. The Morgan fingerprint density at radius 2 is 1.50 bits per heavy atom. The summed E-state index contributed by atoms with van der Waals surface area (Å²) in [6.07, 6.45) is 1.10. The van der Waals surface area contributed by atoms with Gasteiger partial charge in [0, 0.05) is 13.1 Å². The maximum absolute atomic E-state index is 12.2. The van der Waals surface area contributed by atoms with Gasteiger partial charge in [0.2, 0.25) is 20.0 Å². The smallest absolute Gasteiger partial charge is 0.240 e. The molecule has 0 bridgehead atoms. The molecule has 0 saturated heterocycles. The van der Waals surface area contributed by atoms with E-state index < -0.39 is 20.0 Å². The summed E-state index contributed by atoms with van der Waals surface area (Å²) in [5.41, 5.74) is 1.34. The molecule has 0 aliphatic rings. The van der Waals surface area contributed by atoms with Gasteiger partial charge in [0.1, 0.15) is 0 Å². The first-order chi connectivity index (χ1) is 11.2. The number of hydrogen-bond acceptors (Lipinski definition) is 4. The minimum Gasteiger partial charge on any atom is -0.269 e. The van der Waals surface area contributed by atoms with Crippen molar-refractivity contribution in [3.63, 3.8) is 0 Å². The number of aryl methyl sites for hydroxylation is 1. The molecule has 0 aliphatic carbocycles. The molecule has 0 spiro atoms. The zero-order valence-corrected chi connectivity index (χ0v) is 15.1. The third-order valence-electron chi connectivity index (χ3n) is 3.44. The topological polar surface area (TPSA) is 83.6 Å². The van der Waals surface area contributed by atoms with Crippen LogP contribution in [0.5, 0.6) is 0 Å². The van der Waals surface area contributed by atoms with Crippen molar-refractivity contribution in [2.24, 2.45) is 0 Å². The van der Waals surface area contributed by atoms with Gasteiger partial charge in [-0.15, -0.1) is 0 Å². The zero-order chi connectivity index (χ0) is 17.8. The number of sulfonamides is 2. The summed E-state index contributed by atoms with van der Waals surface area (Å²) < 4.78 is 52.1. The lowest BCUT2D eigenvalue weighted by molar-refractivity contribution is 0.578. The Labute approximate surface area is 143 Å². The minimum atomic E-state index is -3.67. The van der Waals surface area contributed by atoms with Crippen LogP contribution in [0.2, 0.25) is 0 Å². The van der Waals surface area contributed by atoms with E-state index in [1.54, 1.807) is 30.3 Å². The van der Waals surface area contributed by atoms with E-state index in [1.165, 1.54) is 16.4 Å². The molecule has 2 aromatic carbocycles. The second-order valence-electron chi connectivity index (χ2n) is 5.33. The van der Waals surface area contributed by atoms with Gasteiger partial charge < -0.3 is 0 Å². The predicted molar refractivity (Wildman–Crippen MR) is 95.0 cm³/mol. The highest BCUT2D eigenvalue weighted by molar-refractivity contribution is 7.92. The van der Waals surface area contributed by atoms with Gasteiger partial charge in [0.25, 0.3) is 0 Å². The quantitative estimate of drug-likeness (QED) is 0.807. The van der Waals surface area contributed by atoms with E-state index in [0.29, 0.717) is 5.69 Å². The van der Waals surface area contributed by atoms with Crippen molar-refractivity contribution in [2.75, 3.05) is 23.7 Å². The molecule has 0 saturated carbocycles. The summed E-state index contributed by atoms with van der Waals surface area (Å²) in [5, 5.41) is 0. The molecule has 1 N–H and O–H groups in total. The molecule has 0 aliphatic heterocycles. The van der Waals surface area contributed by atoms with Crippen LogP contribution in [0.25, 0.3) is 0 Å². The Kier molecular flexibility index (Phi) is 5.63. The van der Waals surface area contributed by atoms with Crippen molar-refractivity contribution in [1.82, 2.24) is 4.72 Å². The van der Waals surface area contributed by atoms with Gasteiger partial charge in [-0.05, 0) is 30.7 Å². The van der Waals surface area contributed by atoms with E-state index in [-0.39, 0.29) is 18.0 Å². The molecular weight excluding hydrogens is 348 g/mol. The highest BCUT2D eigenvalue weighted by atomic mass is 32.2. The van der Waals surface area contributed by atoms with Crippen molar-refractivity contribution >= 4 is 25.7 Å². The molecule has 0 fully saturated rings. The largest absolute Gasteiger partial charge is 0.269 e. The predicted octanol–water partition coefficient (Wildman–Crippen LogP) is 1.74. The monoisotopic (exact) mass is 368 g/mol. The lowest BCUT2D eigenvalue weighted by Gasteiger charge is -2.24. The average Bonchev–Trinajstić information content (AvgIpc) is 2.52. The lowest BCUT2D eigenvalue weighted by atomic mass is 10.2. The van der Waals surface area contributed by atoms with E-state index in [2.05, 4.69) is 4.72 Å². The van der Waals surface area contributed by atoms with Gasteiger partial charge in [-0.3, -0.25) is 4.31 Å². The number of anilines is 1. The third-order valence-corrected chi connectivity index (χ3v) is 6.10. The van der Waals surface area contributed by atoms with Gasteiger partial charge in [0.15, 0.2) is 0 Å². The summed E-state index contributed by atoms with van der Waals surface area (Å²) in [7, 11) is -7.19. The molecule has 0 aromatic heterocycles. The number of nitrogens with zero attached hydrogens (tertiary/aromatic N) is 1. The first-order valence-electron chi connectivity index (χ1n) is 7.30. The van der Waals surface area contributed by atoms with Gasteiger partial charge in [-0.1, -0.05) is 36.4 Å². The molecule has 24 heavy (non-hydrogen) atoms. The molecule has 0 amide bonds. The van der Waals surface area contributed by atoms with Crippen molar-refractivity contribution in [1.29, 1.82) is 0 Å². The second kappa shape index (κ2) is 7.33. The molecule has 8 heteroatoms. The second-order valence-corrected chi connectivity index (χ2v) is 9.01. The van der Waals surface area contributed by atoms with Gasteiger partial charge in [-0.25, -0.2) is 21.6 Å². The maximum Gasteiger partial charge on any atom is 0.240 e. The highest BCUT2D eigenvalue weighted by Crippen LogP contribution is 2.21. The van der Waals surface area contributed by atoms with Crippen LogP contribution in [-0.4, -0.2) is 36.2 Å². The Bertz CT molecular complexity index is 895. The van der Waals surface area contributed by atoms with Gasteiger partial charge in [-0.2, -0.15) is 0 Å². The van der Waals surface area contributed by atoms with Crippen LogP contribution in [0.3, 0.4) is 0 Å². The molecule has 2 aromatic rings. The Balaban J connectivity index is 2.14. The minimum absolute atomic E-state index is 0.00967. The van der Waals surface area contributed by atoms with Crippen LogP contribution in [0.4, 0.5) is 5.69 Å². The van der Waals surface area contributed by atoms with Crippen LogP contribution in [0, 0.1) is 6.92 Å². The number of rotatable bonds is 7. The van der Waals surface area contributed by atoms with E-state index in [9.17, 15) is 16.8 Å². The van der Waals surface area contributed by atoms with E-state index >= 15 is 0 Å².